The number of carbonyl (C=O) groups excluding carboxylic acids is 1. The summed E-state index contributed by atoms with van der Waals surface area (Å²) in [6.45, 7) is 7.26. The third kappa shape index (κ3) is 30.3. The summed E-state index contributed by atoms with van der Waals surface area (Å²) in [7, 11) is 0. The molecular formula is C68H133B2O3Y-. The Balaban J connectivity index is -0.000000494. The van der Waals surface area contributed by atoms with Crippen LogP contribution in [0.2, 0.25) is 0 Å². The maximum absolute atomic E-state index is 12.7. The Morgan fingerprint density at radius 3 is 0.865 bits per heavy atom. The number of carboxylic acid groups (broad SMARTS) is 1. The SMILES string of the molecule is C.C.C.C.CC1CCC(CC2CCC(CC3CCC(CC(=O)C4CCCCC4)CC3)CC2)CC1.CC1CCC(CC2CCC(CC3CC[CH-]CC3)CC2)CC1.CC1CCCCC1.O=C(O)C1CCCCC1.[2HH].[2HH].[B].[B].[Y]. The van der Waals surface area contributed by atoms with Crippen LogP contribution in [0.5, 0.6) is 0 Å². The molecule has 0 aliphatic heterocycles. The molecule has 6 heteroatoms. The summed E-state index contributed by atoms with van der Waals surface area (Å²) in [5.74, 6) is 12.7. The summed E-state index contributed by atoms with van der Waals surface area (Å²) >= 11 is 0. The van der Waals surface area contributed by atoms with Crippen LogP contribution in [-0.2, 0) is 42.3 Å². The van der Waals surface area contributed by atoms with Crippen molar-refractivity contribution < 1.29 is 50.3 Å². The molecule has 0 bridgehead atoms. The van der Waals surface area contributed by atoms with Gasteiger partial charge in [0.25, 0.3) is 0 Å². The van der Waals surface area contributed by atoms with E-state index >= 15 is 0 Å². The quantitative estimate of drug-likeness (QED) is 0.157. The van der Waals surface area contributed by atoms with E-state index in [2.05, 4.69) is 27.2 Å². The number of rotatable bonds is 12. The van der Waals surface area contributed by atoms with Gasteiger partial charge in [0.1, 0.15) is 5.78 Å². The van der Waals surface area contributed by atoms with Gasteiger partial charge in [-0.3, -0.25) is 9.59 Å². The molecule has 433 valence electrons. The van der Waals surface area contributed by atoms with E-state index in [-0.39, 0.29) is 88.0 Å². The topological polar surface area (TPSA) is 54.4 Å². The van der Waals surface area contributed by atoms with Gasteiger partial charge < -0.3 is 11.5 Å². The normalized spacial score (nSPS) is 32.0. The van der Waals surface area contributed by atoms with E-state index in [1.54, 1.807) is 57.8 Å². The third-order valence-corrected chi connectivity index (χ3v) is 20.8. The van der Waals surface area contributed by atoms with Gasteiger partial charge in [0.05, 0.1) is 5.92 Å². The van der Waals surface area contributed by atoms with Gasteiger partial charge in [0, 0.05) is 64.7 Å². The number of Topliss-reactive ketones (excluding diaryl/α,β-unsaturated/α-hetero) is 1. The van der Waals surface area contributed by atoms with Gasteiger partial charge in [0.2, 0.25) is 0 Å². The molecule has 9 aliphatic rings. The Hall–Kier alpha value is 0.374. The Bertz CT molecular complexity index is 1290. The molecule has 9 aliphatic carbocycles. The van der Waals surface area contributed by atoms with E-state index < -0.39 is 5.97 Å². The second-order valence-electron chi connectivity index (χ2n) is 26.6. The first-order chi connectivity index (χ1) is 32.6. The molecule has 0 saturated heterocycles. The Morgan fingerprint density at radius 1 is 0.351 bits per heavy atom. The number of ketones is 1. The summed E-state index contributed by atoms with van der Waals surface area (Å²) < 4.78 is 0. The van der Waals surface area contributed by atoms with E-state index in [0.717, 1.165) is 103 Å². The number of carbonyl (C=O) groups is 2. The van der Waals surface area contributed by atoms with Gasteiger partial charge in [-0.1, -0.05) is 250 Å². The van der Waals surface area contributed by atoms with Crippen LogP contribution in [0, 0.1) is 89.3 Å². The van der Waals surface area contributed by atoms with Crippen molar-refractivity contribution in [1.29, 1.82) is 0 Å². The van der Waals surface area contributed by atoms with Crippen LogP contribution in [0.3, 0.4) is 0 Å². The molecule has 7 radical (unpaired) electrons. The van der Waals surface area contributed by atoms with Crippen molar-refractivity contribution in [3.8, 4) is 0 Å². The largest absolute Gasteiger partial charge is 0.481 e. The molecular weight excluding hydrogens is 975 g/mol. The standard InChI is InChI=1S/C29H50O.C21H37.C7H12O2.C7H14.4CH4.2B.Y.2H2/c1-22-7-9-23(10-8-22)19-24-11-13-25(14-12-24)20-26-15-17-27(18-16-26)21-29(30)28-5-3-2-4-6-28;1-17-7-9-19(10-8-17)16-21-13-11-20(12-14-21)15-18-5-3-2-4-6-18;8-7(9)6-4-2-1-3-5-6;1-7-5-3-2-4-6-7;;;;;;;;;/h22-28H,2-21H2,1H3;2,17-21H,3-16H2,1H3;6H,1-5H2,(H,8,9);7H,2-6H2,1H3;4*1H4;;;;2*1H/q;-1;;;;;;;;;;;/i;;;;;;;;;;;2*1+1. The third-order valence-electron chi connectivity index (χ3n) is 20.8. The van der Waals surface area contributed by atoms with Crippen LogP contribution in [0.4, 0.5) is 0 Å². The molecule has 9 fully saturated rings. The van der Waals surface area contributed by atoms with Gasteiger partial charge in [0.15, 0.2) is 0 Å². The van der Waals surface area contributed by atoms with Crippen molar-refractivity contribution >= 4 is 28.6 Å². The average Bonchev–Trinajstić information content (AvgIpc) is 3.36. The minimum atomic E-state index is -0.602. The summed E-state index contributed by atoms with van der Waals surface area (Å²) in [6.07, 6.45) is 64.5. The van der Waals surface area contributed by atoms with Crippen LogP contribution in [0.1, 0.15) is 336 Å². The first-order valence-corrected chi connectivity index (χ1v) is 31.2. The molecule has 1 N–H and O–H groups in total. The van der Waals surface area contributed by atoms with E-state index in [1.165, 1.54) is 193 Å². The Morgan fingerprint density at radius 2 is 0.595 bits per heavy atom. The predicted octanol–water partition coefficient (Wildman–Crippen LogP) is 22.0. The second-order valence-corrected chi connectivity index (χ2v) is 26.6. The summed E-state index contributed by atoms with van der Waals surface area (Å²) in [5.41, 5.74) is 0. The summed E-state index contributed by atoms with van der Waals surface area (Å²) in [6, 6.07) is 0. The predicted molar refractivity (Wildman–Crippen MR) is 329 cm³/mol. The molecule has 0 aromatic rings. The zero-order valence-electron chi connectivity index (χ0n) is 46.8. The monoisotopic (exact) mass is 1110 g/mol. The number of hydrogen-bond donors (Lipinski definition) is 1. The van der Waals surface area contributed by atoms with Crippen molar-refractivity contribution in [3.63, 3.8) is 0 Å². The van der Waals surface area contributed by atoms with E-state index in [0.29, 0.717) is 11.7 Å². The van der Waals surface area contributed by atoms with Crippen LogP contribution in [0.25, 0.3) is 0 Å². The van der Waals surface area contributed by atoms with Crippen LogP contribution in [-0.4, -0.2) is 33.7 Å². The molecule has 0 aromatic carbocycles. The molecule has 0 aromatic heterocycles. The second kappa shape index (κ2) is 44.1. The molecule has 0 amide bonds. The average molecular weight is 1110 g/mol. The zero-order chi connectivity index (χ0) is 47.1. The van der Waals surface area contributed by atoms with Gasteiger partial charge >= 0.3 is 5.97 Å². The van der Waals surface area contributed by atoms with Crippen molar-refractivity contribution in [2.45, 2.75) is 333 Å². The zero-order valence-corrected chi connectivity index (χ0v) is 49.6. The van der Waals surface area contributed by atoms with Gasteiger partial charge in [-0.15, -0.1) is 0 Å². The Labute approximate surface area is 497 Å². The Kier molecular flexibility index (Phi) is 45.5. The van der Waals surface area contributed by atoms with Crippen molar-refractivity contribution in [2.24, 2.45) is 82.9 Å². The first kappa shape index (κ1) is 76.4. The molecule has 0 atom stereocenters. The fraction of sp³-hybridized carbons (Fsp3) is 0.956. The van der Waals surface area contributed by atoms with Crippen LogP contribution in [0.15, 0.2) is 0 Å². The van der Waals surface area contributed by atoms with Crippen molar-refractivity contribution in [3.05, 3.63) is 6.42 Å². The molecule has 0 unspecified atom stereocenters. The van der Waals surface area contributed by atoms with Gasteiger partial charge in [-0.05, 0) is 135 Å². The first-order valence-electron chi connectivity index (χ1n) is 31.2. The van der Waals surface area contributed by atoms with E-state index in [4.69, 9.17) is 5.11 Å². The molecule has 9 rings (SSSR count). The maximum Gasteiger partial charge on any atom is 0.306 e. The molecule has 3 nitrogen and oxygen atoms in total. The fourth-order valence-electron chi connectivity index (χ4n) is 15.9. The van der Waals surface area contributed by atoms with E-state index in [9.17, 15) is 9.59 Å². The molecule has 0 heterocycles. The fourth-order valence-corrected chi connectivity index (χ4v) is 15.9. The molecule has 0 spiro atoms. The van der Waals surface area contributed by atoms with Crippen molar-refractivity contribution in [2.75, 3.05) is 0 Å². The molecule has 9 saturated carbocycles. The molecule has 74 heavy (non-hydrogen) atoms. The number of carboxylic acids is 1. The van der Waals surface area contributed by atoms with Crippen molar-refractivity contribution in [1.82, 2.24) is 0 Å². The van der Waals surface area contributed by atoms with Crippen LogP contribution >= 0.6 is 0 Å². The summed E-state index contributed by atoms with van der Waals surface area (Å²) in [4.78, 5) is 23.0. The summed E-state index contributed by atoms with van der Waals surface area (Å²) in [5, 5.41) is 8.54. The minimum absolute atomic E-state index is 0. The number of aliphatic carboxylic acids is 1. The number of hydrogen-bond acceptors (Lipinski definition) is 2. The smallest absolute Gasteiger partial charge is 0.306 e. The maximum atomic E-state index is 12.7. The van der Waals surface area contributed by atoms with Gasteiger partial charge in [-0.25, -0.2) is 0 Å². The van der Waals surface area contributed by atoms with E-state index in [1.807, 2.05) is 0 Å². The van der Waals surface area contributed by atoms with Gasteiger partial charge in [-0.2, -0.15) is 12.8 Å². The minimum Gasteiger partial charge on any atom is -0.481 e. The van der Waals surface area contributed by atoms with Crippen LogP contribution < -0.4 is 0 Å².